The normalized spacial score (nSPS) is 15.8. The highest BCUT2D eigenvalue weighted by molar-refractivity contribution is 6.31. The second kappa shape index (κ2) is 8.57. The summed E-state index contributed by atoms with van der Waals surface area (Å²) in [6.45, 7) is 1.61. The molecule has 4 rings (SSSR count). The standard InChI is InChI=1S/C22H22ClN3O3/c23-18-7-2-1-6-17(18)22-19-8-3-11-25(19)12-13-26(22)21(28)10-9-20(27)24-15-16-5-4-14-29-16/h1-8,11,14,22H,9-10,12-13,15H2,(H,24,27). The number of fused-ring (bicyclic) bond motifs is 1. The van der Waals surface area contributed by atoms with Crippen molar-refractivity contribution in [1.82, 2.24) is 14.8 Å². The predicted molar refractivity (Wildman–Crippen MR) is 109 cm³/mol. The Morgan fingerprint density at radius 2 is 1.93 bits per heavy atom. The largest absolute Gasteiger partial charge is 0.467 e. The van der Waals surface area contributed by atoms with Crippen molar-refractivity contribution in [3.05, 3.63) is 83.0 Å². The number of furan rings is 1. The van der Waals surface area contributed by atoms with Crippen LogP contribution in [0.2, 0.25) is 5.02 Å². The maximum absolute atomic E-state index is 13.0. The molecule has 1 atom stereocenters. The Morgan fingerprint density at radius 1 is 1.07 bits per heavy atom. The number of nitrogens with one attached hydrogen (secondary N) is 1. The highest BCUT2D eigenvalue weighted by Crippen LogP contribution is 2.36. The molecule has 150 valence electrons. The second-order valence-electron chi connectivity index (χ2n) is 6.99. The van der Waals surface area contributed by atoms with Gasteiger partial charge in [0.05, 0.1) is 18.8 Å². The Balaban J connectivity index is 1.45. The van der Waals surface area contributed by atoms with Gasteiger partial charge in [-0.25, -0.2) is 0 Å². The summed E-state index contributed by atoms with van der Waals surface area (Å²) < 4.78 is 7.35. The molecule has 0 bridgehead atoms. The summed E-state index contributed by atoms with van der Waals surface area (Å²) in [6.07, 6.45) is 3.85. The summed E-state index contributed by atoms with van der Waals surface area (Å²) in [7, 11) is 0. The molecule has 0 saturated carbocycles. The first-order valence-electron chi connectivity index (χ1n) is 9.61. The van der Waals surface area contributed by atoms with Crippen LogP contribution in [-0.2, 0) is 22.7 Å². The molecule has 7 heteroatoms. The summed E-state index contributed by atoms with van der Waals surface area (Å²) in [4.78, 5) is 27.0. The van der Waals surface area contributed by atoms with Crippen LogP contribution in [0.1, 0.15) is 35.9 Å². The van der Waals surface area contributed by atoms with Crippen molar-refractivity contribution in [2.24, 2.45) is 0 Å². The van der Waals surface area contributed by atoms with Crippen LogP contribution in [0.25, 0.3) is 0 Å². The fourth-order valence-corrected chi connectivity index (χ4v) is 3.97. The molecule has 0 spiro atoms. The monoisotopic (exact) mass is 411 g/mol. The van der Waals surface area contributed by atoms with Crippen LogP contribution in [0, 0.1) is 0 Å². The zero-order chi connectivity index (χ0) is 20.2. The van der Waals surface area contributed by atoms with E-state index in [0.717, 1.165) is 17.8 Å². The van der Waals surface area contributed by atoms with E-state index in [0.29, 0.717) is 23.9 Å². The topological polar surface area (TPSA) is 67.5 Å². The van der Waals surface area contributed by atoms with Gasteiger partial charge in [-0.2, -0.15) is 0 Å². The average molecular weight is 412 g/mol. The molecule has 0 aliphatic carbocycles. The predicted octanol–water partition coefficient (Wildman–Crippen LogP) is 3.76. The van der Waals surface area contributed by atoms with Gasteiger partial charge < -0.3 is 19.2 Å². The van der Waals surface area contributed by atoms with Crippen molar-refractivity contribution in [3.8, 4) is 0 Å². The molecule has 0 radical (unpaired) electrons. The summed E-state index contributed by atoms with van der Waals surface area (Å²) in [5.41, 5.74) is 1.92. The lowest BCUT2D eigenvalue weighted by atomic mass is 9.99. The van der Waals surface area contributed by atoms with Crippen LogP contribution in [-0.4, -0.2) is 27.8 Å². The summed E-state index contributed by atoms with van der Waals surface area (Å²) in [6, 6.07) is 14.9. The van der Waals surface area contributed by atoms with Gasteiger partial charge in [0.2, 0.25) is 11.8 Å². The molecular formula is C22H22ClN3O3. The van der Waals surface area contributed by atoms with Gasteiger partial charge in [-0.05, 0) is 35.9 Å². The van der Waals surface area contributed by atoms with Gasteiger partial charge in [0.15, 0.2) is 0 Å². The molecular weight excluding hydrogens is 390 g/mol. The van der Waals surface area contributed by atoms with Gasteiger partial charge in [-0.1, -0.05) is 29.8 Å². The molecule has 2 aromatic heterocycles. The fraction of sp³-hybridized carbons (Fsp3) is 0.273. The Morgan fingerprint density at radius 3 is 2.72 bits per heavy atom. The smallest absolute Gasteiger partial charge is 0.223 e. The van der Waals surface area contributed by atoms with E-state index in [1.165, 1.54) is 0 Å². The first-order valence-corrected chi connectivity index (χ1v) is 9.99. The minimum Gasteiger partial charge on any atom is -0.467 e. The van der Waals surface area contributed by atoms with Crippen molar-refractivity contribution >= 4 is 23.4 Å². The molecule has 6 nitrogen and oxygen atoms in total. The van der Waals surface area contributed by atoms with Crippen LogP contribution in [0.3, 0.4) is 0 Å². The third-order valence-corrected chi connectivity index (χ3v) is 5.51. The molecule has 1 aromatic carbocycles. The average Bonchev–Trinajstić information content (AvgIpc) is 3.42. The lowest BCUT2D eigenvalue weighted by molar-refractivity contribution is -0.136. The van der Waals surface area contributed by atoms with Crippen LogP contribution < -0.4 is 5.32 Å². The number of carbonyl (C=O) groups excluding carboxylic acids is 2. The molecule has 1 N–H and O–H groups in total. The Hall–Kier alpha value is -2.99. The number of halogens is 1. The first kappa shape index (κ1) is 19.3. The Labute approximate surface area is 174 Å². The first-order chi connectivity index (χ1) is 14.1. The van der Waals surface area contributed by atoms with Crippen LogP contribution in [0.5, 0.6) is 0 Å². The molecule has 3 heterocycles. The van der Waals surface area contributed by atoms with Crippen molar-refractivity contribution in [1.29, 1.82) is 0 Å². The van der Waals surface area contributed by atoms with Gasteiger partial charge >= 0.3 is 0 Å². The summed E-state index contributed by atoms with van der Waals surface area (Å²) >= 11 is 6.46. The third kappa shape index (κ3) is 4.22. The highest BCUT2D eigenvalue weighted by Gasteiger charge is 2.33. The minimum absolute atomic E-state index is 0.0597. The van der Waals surface area contributed by atoms with Crippen molar-refractivity contribution in [2.45, 2.75) is 32.0 Å². The number of nitrogens with zero attached hydrogens (tertiary/aromatic N) is 2. The van der Waals surface area contributed by atoms with E-state index in [1.54, 1.807) is 18.4 Å². The number of benzene rings is 1. The van der Waals surface area contributed by atoms with E-state index in [2.05, 4.69) is 9.88 Å². The van der Waals surface area contributed by atoms with E-state index in [1.807, 2.05) is 47.5 Å². The van der Waals surface area contributed by atoms with E-state index >= 15 is 0 Å². The van der Waals surface area contributed by atoms with Gasteiger partial charge in [-0.15, -0.1) is 0 Å². The number of amides is 2. The molecule has 1 unspecified atom stereocenters. The van der Waals surface area contributed by atoms with Gasteiger partial charge in [-0.3, -0.25) is 9.59 Å². The summed E-state index contributed by atoms with van der Waals surface area (Å²) in [5.74, 6) is 0.445. The zero-order valence-corrected chi connectivity index (χ0v) is 16.6. The maximum atomic E-state index is 13.0. The number of aromatic nitrogens is 1. The van der Waals surface area contributed by atoms with E-state index in [4.69, 9.17) is 16.0 Å². The van der Waals surface area contributed by atoms with E-state index in [-0.39, 0.29) is 30.7 Å². The molecule has 0 saturated heterocycles. The van der Waals surface area contributed by atoms with Gasteiger partial charge in [0.25, 0.3) is 0 Å². The molecule has 0 fully saturated rings. The SMILES string of the molecule is O=C(CCC(=O)N1CCn2cccc2C1c1ccccc1Cl)NCc1ccco1. The molecule has 29 heavy (non-hydrogen) atoms. The van der Waals surface area contributed by atoms with Gasteiger partial charge in [0.1, 0.15) is 5.76 Å². The van der Waals surface area contributed by atoms with E-state index < -0.39 is 0 Å². The second-order valence-corrected chi connectivity index (χ2v) is 7.40. The van der Waals surface area contributed by atoms with Crippen LogP contribution in [0.4, 0.5) is 0 Å². The highest BCUT2D eigenvalue weighted by atomic mass is 35.5. The summed E-state index contributed by atoms with van der Waals surface area (Å²) in [5, 5.41) is 3.40. The van der Waals surface area contributed by atoms with Crippen molar-refractivity contribution in [2.75, 3.05) is 6.54 Å². The Kier molecular flexibility index (Phi) is 5.71. The van der Waals surface area contributed by atoms with Crippen molar-refractivity contribution in [3.63, 3.8) is 0 Å². The lowest BCUT2D eigenvalue weighted by Gasteiger charge is -2.37. The van der Waals surface area contributed by atoms with Crippen LogP contribution in [0.15, 0.2) is 65.4 Å². The maximum Gasteiger partial charge on any atom is 0.223 e. The van der Waals surface area contributed by atoms with Gasteiger partial charge in [0, 0.05) is 42.8 Å². The molecule has 2 amide bonds. The fourth-order valence-electron chi connectivity index (χ4n) is 3.73. The number of hydrogen-bond donors (Lipinski definition) is 1. The lowest BCUT2D eigenvalue weighted by Crippen LogP contribution is -2.42. The third-order valence-electron chi connectivity index (χ3n) is 5.16. The van der Waals surface area contributed by atoms with Crippen molar-refractivity contribution < 1.29 is 14.0 Å². The number of hydrogen-bond acceptors (Lipinski definition) is 3. The molecule has 1 aliphatic rings. The Bertz CT molecular complexity index is 996. The van der Waals surface area contributed by atoms with E-state index in [9.17, 15) is 9.59 Å². The number of carbonyl (C=O) groups is 2. The number of rotatable bonds is 6. The molecule has 3 aromatic rings. The molecule has 1 aliphatic heterocycles. The quantitative estimate of drug-likeness (QED) is 0.671. The minimum atomic E-state index is -0.258. The zero-order valence-electron chi connectivity index (χ0n) is 15.9. The van der Waals surface area contributed by atoms with Crippen LogP contribution >= 0.6 is 11.6 Å².